The Hall–Kier alpha value is -2.51. The molecule has 1 atom stereocenters. The van der Waals surface area contributed by atoms with Crippen molar-refractivity contribution in [2.24, 2.45) is 29.1 Å². The van der Waals surface area contributed by atoms with Gasteiger partial charge in [0, 0.05) is 18.0 Å². The van der Waals surface area contributed by atoms with Gasteiger partial charge in [0.1, 0.15) is 11.6 Å². The van der Waals surface area contributed by atoms with Crippen LogP contribution in [0, 0.1) is 34.9 Å². The SMILES string of the molecule is O=C(c1cc(CC2CC2)c(OCC23CC4CC(CC(C4)C2)C3)cc1F)N1CCC[C@H]1c1nn[nH]n1. The van der Waals surface area contributed by atoms with Gasteiger partial charge in [0.15, 0.2) is 5.82 Å². The molecule has 1 aliphatic heterocycles. The Labute approximate surface area is 205 Å². The number of rotatable bonds is 7. The molecule has 2 aromatic rings. The third-order valence-electron chi connectivity index (χ3n) is 9.46. The number of H-pyrrole nitrogens is 1. The van der Waals surface area contributed by atoms with Gasteiger partial charge in [0.2, 0.25) is 0 Å². The molecular weight excluding hydrogens is 445 g/mol. The largest absolute Gasteiger partial charge is 0.493 e. The lowest BCUT2D eigenvalue weighted by Crippen LogP contribution is -2.48. The molecule has 6 fully saturated rings. The molecule has 7 nitrogen and oxygen atoms in total. The van der Waals surface area contributed by atoms with E-state index in [0.717, 1.165) is 42.6 Å². The topological polar surface area (TPSA) is 84.0 Å². The monoisotopic (exact) mass is 479 g/mol. The van der Waals surface area contributed by atoms with Crippen LogP contribution in [0.5, 0.6) is 5.75 Å². The van der Waals surface area contributed by atoms with Crippen molar-refractivity contribution in [3.63, 3.8) is 0 Å². The summed E-state index contributed by atoms with van der Waals surface area (Å²) in [5.41, 5.74) is 1.39. The van der Waals surface area contributed by atoms with Gasteiger partial charge < -0.3 is 9.64 Å². The fourth-order valence-electron chi connectivity index (χ4n) is 8.13. The molecule has 1 N–H and O–H groups in total. The van der Waals surface area contributed by atoms with E-state index in [9.17, 15) is 4.79 Å². The molecule has 1 aromatic heterocycles. The van der Waals surface area contributed by atoms with Gasteiger partial charge in [0.05, 0.1) is 18.2 Å². The van der Waals surface area contributed by atoms with Gasteiger partial charge in [-0.3, -0.25) is 4.79 Å². The molecule has 8 heteroatoms. The van der Waals surface area contributed by atoms with Gasteiger partial charge in [-0.2, -0.15) is 5.21 Å². The number of likely N-dealkylation sites (tertiary alicyclic amines) is 1. The van der Waals surface area contributed by atoms with Gasteiger partial charge in [-0.15, -0.1) is 10.2 Å². The van der Waals surface area contributed by atoms with E-state index in [1.54, 1.807) is 11.0 Å². The molecule has 35 heavy (non-hydrogen) atoms. The number of ether oxygens (including phenoxy) is 1. The van der Waals surface area contributed by atoms with Crippen molar-refractivity contribution in [2.75, 3.05) is 13.2 Å². The van der Waals surface area contributed by atoms with Crippen LogP contribution in [-0.4, -0.2) is 44.6 Å². The summed E-state index contributed by atoms with van der Waals surface area (Å²) in [5.74, 6) is 3.56. The number of amides is 1. The summed E-state index contributed by atoms with van der Waals surface area (Å²) >= 11 is 0. The van der Waals surface area contributed by atoms with Crippen LogP contribution >= 0.6 is 0 Å². The van der Waals surface area contributed by atoms with E-state index >= 15 is 4.39 Å². The summed E-state index contributed by atoms with van der Waals surface area (Å²) in [6.07, 6.45) is 12.8. The lowest BCUT2D eigenvalue weighted by molar-refractivity contribution is -0.0747. The summed E-state index contributed by atoms with van der Waals surface area (Å²) in [6.45, 7) is 1.26. The van der Waals surface area contributed by atoms with E-state index in [1.807, 2.05) is 0 Å². The lowest BCUT2D eigenvalue weighted by atomic mass is 9.50. The highest BCUT2D eigenvalue weighted by atomic mass is 19.1. The number of halogens is 1. The minimum atomic E-state index is -0.492. The molecule has 0 spiro atoms. The minimum absolute atomic E-state index is 0.137. The molecule has 5 aliphatic carbocycles. The molecule has 0 radical (unpaired) electrons. The van der Waals surface area contributed by atoms with Crippen LogP contribution in [0.3, 0.4) is 0 Å². The van der Waals surface area contributed by atoms with Gasteiger partial charge in [-0.05, 0) is 106 Å². The molecule has 4 bridgehead atoms. The fraction of sp³-hybridized carbons (Fsp3) is 0.704. The highest BCUT2D eigenvalue weighted by molar-refractivity contribution is 5.95. The first kappa shape index (κ1) is 21.7. The third kappa shape index (κ3) is 4.02. The molecule has 6 aliphatic rings. The lowest BCUT2D eigenvalue weighted by Gasteiger charge is -2.56. The predicted molar refractivity (Wildman–Crippen MR) is 126 cm³/mol. The minimum Gasteiger partial charge on any atom is -0.493 e. The number of benzene rings is 1. The number of carbonyl (C=O) groups is 1. The van der Waals surface area contributed by atoms with Crippen molar-refractivity contribution in [2.45, 2.75) is 76.7 Å². The summed E-state index contributed by atoms with van der Waals surface area (Å²) < 4.78 is 21.9. The van der Waals surface area contributed by atoms with Crippen molar-refractivity contribution in [3.8, 4) is 5.75 Å². The summed E-state index contributed by atoms with van der Waals surface area (Å²) in [4.78, 5) is 15.2. The van der Waals surface area contributed by atoms with Gasteiger partial charge >= 0.3 is 0 Å². The predicted octanol–water partition coefficient (Wildman–Crippen LogP) is 4.86. The number of nitrogens with one attached hydrogen (secondary N) is 1. The highest BCUT2D eigenvalue weighted by Gasteiger charge is 2.51. The van der Waals surface area contributed by atoms with Crippen molar-refractivity contribution < 1.29 is 13.9 Å². The Balaban J connectivity index is 1.14. The maximum atomic E-state index is 15.5. The van der Waals surface area contributed by atoms with Crippen LogP contribution in [0.25, 0.3) is 0 Å². The second-order valence-corrected chi connectivity index (χ2v) is 12.2. The first-order chi connectivity index (χ1) is 17.1. The zero-order valence-corrected chi connectivity index (χ0v) is 20.2. The average molecular weight is 480 g/mol. The van der Waals surface area contributed by atoms with Crippen LogP contribution in [0.2, 0.25) is 0 Å². The van der Waals surface area contributed by atoms with E-state index in [2.05, 4.69) is 20.6 Å². The Morgan fingerprint density at radius 1 is 1.11 bits per heavy atom. The first-order valence-corrected chi connectivity index (χ1v) is 13.5. The number of nitrogens with zero attached hydrogens (tertiary/aromatic N) is 4. The molecular formula is C27H34FN5O2. The summed E-state index contributed by atoms with van der Waals surface area (Å²) in [6, 6.07) is 3.00. The molecule has 1 saturated heterocycles. The number of hydrogen-bond acceptors (Lipinski definition) is 5. The molecule has 1 amide bonds. The Morgan fingerprint density at radius 2 is 1.86 bits per heavy atom. The first-order valence-electron chi connectivity index (χ1n) is 13.5. The fourth-order valence-corrected chi connectivity index (χ4v) is 8.13. The molecule has 5 saturated carbocycles. The number of aromatic amines is 1. The zero-order chi connectivity index (χ0) is 23.6. The van der Waals surface area contributed by atoms with Crippen LogP contribution in [-0.2, 0) is 6.42 Å². The average Bonchev–Trinajstić information content (AvgIpc) is 3.28. The van der Waals surface area contributed by atoms with Crippen LogP contribution in [0.4, 0.5) is 4.39 Å². The summed E-state index contributed by atoms with van der Waals surface area (Å²) in [5, 5.41) is 14.2. The summed E-state index contributed by atoms with van der Waals surface area (Å²) in [7, 11) is 0. The Morgan fingerprint density at radius 3 is 2.51 bits per heavy atom. The van der Waals surface area contributed by atoms with Gasteiger partial charge in [0.25, 0.3) is 5.91 Å². The van der Waals surface area contributed by atoms with Crippen LogP contribution < -0.4 is 4.74 Å². The van der Waals surface area contributed by atoms with E-state index in [4.69, 9.17) is 4.74 Å². The normalized spacial score (nSPS) is 33.5. The van der Waals surface area contributed by atoms with Crippen molar-refractivity contribution in [3.05, 3.63) is 34.9 Å². The number of aromatic nitrogens is 4. The zero-order valence-electron chi connectivity index (χ0n) is 20.2. The van der Waals surface area contributed by atoms with Crippen molar-refractivity contribution in [1.29, 1.82) is 0 Å². The smallest absolute Gasteiger partial charge is 0.257 e. The quantitative estimate of drug-likeness (QED) is 0.613. The molecule has 0 unspecified atom stereocenters. The molecule has 2 heterocycles. The number of carbonyl (C=O) groups excluding carboxylic acids is 1. The van der Waals surface area contributed by atoms with Crippen molar-refractivity contribution >= 4 is 5.91 Å². The van der Waals surface area contributed by atoms with E-state index < -0.39 is 5.82 Å². The van der Waals surface area contributed by atoms with E-state index in [1.165, 1.54) is 57.4 Å². The number of tetrazole rings is 1. The van der Waals surface area contributed by atoms with Crippen LogP contribution in [0.1, 0.15) is 92.0 Å². The molecule has 1 aromatic carbocycles. The number of hydrogen-bond donors (Lipinski definition) is 1. The Bertz CT molecular complexity index is 1080. The third-order valence-corrected chi connectivity index (χ3v) is 9.46. The highest BCUT2D eigenvalue weighted by Crippen LogP contribution is 2.60. The van der Waals surface area contributed by atoms with Crippen LogP contribution in [0.15, 0.2) is 12.1 Å². The molecule has 8 rings (SSSR count). The second kappa shape index (κ2) is 8.27. The van der Waals surface area contributed by atoms with Crippen molar-refractivity contribution in [1.82, 2.24) is 25.5 Å². The standard InChI is InChI=1S/C27H34FN5O2/c28-22-11-24(35-15-27-12-17-6-18(13-27)8-19(7-17)14-27)20(9-16-3-4-16)10-21(22)26(34)33-5-1-2-23(33)25-29-31-32-30-25/h10-11,16-19,23H,1-9,12-15H2,(H,29,30,31,32)/t17?,18?,19?,23-,27?/m0/s1. The van der Waals surface area contributed by atoms with Gasteiger partial charge in [-0.25, -0.2) is 4.39 Å². The van der Waals surface area contributed by atoms with E-state index in [-0.39, 0.29) is 22.9 Å². The second-order valence-electron chi connectivity index (χ2n) is 12.2. The Kier molecular flexibility index (Phi) is 5.14. The maximum Gasteiger partial charge on any atom is 0.257 e. The van der Waals surface area contributed by atoms with E-state index in [0.29, 0.717) is 30.6 Å². The maximum absolute atomic E-state index is 15.5. The molecule has 186 valence electrons. The van der Waals surface area contributed by atoms with Gasteiger partial charge in [-0.1, -0.05) is 5.21 Å².